The first-order chi connectivity index (χ1) is 9.15. The molecule has 0 heterocycles. The van der Waals surface area contributed by atoms with Crippen LogP contribution in [0.5, 0.6) is 5.75 Å². The maximum Gasteiger partial charge on any atom is 0.133 e. The van der Waals surface area contributed by atoms with Gasteiger partial charge in [0.2, 0.25) is 0 Å². The smallest absolute Gasteiger partial charge is 0.133 e. The van der Waals surface area contributed by atoms with Crippen LogP contribution in [-0.4, -0.2) is 7.11 Å². The van der Waals surface area contributed by atoms with Crippen LogP contribution in [-0.2, 0) is 0 Å². The Morgan fingerprint density at radius 3 is 2.32 bits per heavy atom. The summed E-state index contributed by atoms with van der Waals surface area (Å²) in [5.41, 5.74) is 1.77. The van der Waals surface area contributed by atoms with E-state index < -0.39 is 0 Å². The summed E-state index contributed by atoms with van der Waals surface area (Å²) < 4.78 is 5.10. The number of benzene rings is 1. The fraction of sp³-hybridized carbons (Fsp3) is 0.250. The van der Waals surface area contributed by atoms with E-state index in [1.165, 1.54) is 0 Å². The Hall–Kier alpha value is -2.52. The van der Waals surface area contributed by atoms with Gasteiger partial charge in [-0.15, -0.1) is 6.58 Å². The van der Waals surface area contributed by atoms with E-state index in [2.05, 4.69) is 6.58 Å². The maximum absolute atomic E-state index is 9.06. The van der Waals surface area contributed by atoms with Gasteiger partial charge >= 0.3 is 0 Å². The van der Waals surface area contributed by atoms with Gasteiger partial charge in [-0.3, -0.25) is 0 Å². The van der Waals surface area contributed by atoms with Crippen molar-refractivity contribution in [2.75, 3.05) is 7.11 Å². The molecule has 19 heavy (non-hydrogen) atoms. The molecule has 0 amide bonds. The van der Waals surface area contributed by atoms with Crippen molar-refractivity contribution in [3.05, 3.63) is 48.1 Å². The van der Waals surface area contributed by atoms with E-state index >= 15 is 0 Å². The average Bonchev–Trinajstić information content (AvgIpc) is 2.47. The van der Waals surface area contributed by atoms with E-state index in [0.717, 1.165) is 16.9 Å². The minimum absolute atomic E-state index is 0.152. The molecule has 0 saturated heterocycles. The molecular weight excluding hydrogens is 236 g/mol. The number of allylic oxidation sites excluding steroid dienone is 3. The number of hydrogen-bond donors (Lipinski definition) is 0. The summed E-state index contributed by atoms with van der Waals surface area (Å²) in [6, 6.07) is 11.3. The maximum atomic E-state index is 9.06. The largest absolute Gasteiger partial charge is 0.497 e. The summed E-state index contributed by atoms with van der Waals surface area (Å²) in [5, 5.41) is 18.1. The fourth-order valence-electron chi connectivity index (χ4n) is 1.72. The normalized spacial score (nSPS) is 10.7. The zero-order valence-corrected chi connectivity index (χ0v) is 11.2. The van der Waals surface area contributed by atoms with Crippen LogP contribution in [0.4, 0.5) is 0 Å². The van der Waals surface area contributed by atoms with Gasteiger partial charge in [-0.05, 0) is 35.6 Å². The molecule has 1 rings (SSSR count). The molecule has 0 spiro atoms. The molecule has 0 aliphatic carbocycles. The molecule has 0 saturated carbocycles. The number of hydrogen-bond acceptors (Lipinski definition) is 3. The Morgan fingerprint density at radius 2 is 1.89 bits per heavy atom. The molecule has 0 bridgehead atoms. The molecule has 3 heteroatoms. The van der Waals surface area contributed by atoms with Crippen molar-refractivity contribution in [3.8, 4) is 17.9 Å². The lowest BCUT2D eigenvalue weighted by molar-refractivity contribution is 0.415. The molecule has 0 aromatic heterocycles. The van der Waals surface area contributed by atoms with Crippen molar-refractivity contribution in [1.29, 1.82) is 10.5 Å². The average molecular weight is 252 g/mol. The summed E-state index contributed by atoms with van der Waals surface area (Å²) in [4.78, 5) is 0. The van der Waals surface area contributed by atoms with Gasteiger partial charge in [-0.1, -0.05) is 25.1 Å². The molecule has 0 radical (unpaired) electrons. The van der Waals surface area contributed by atoms with Gasteiger partial charge < -0.3 is 4.74 Å². The number of nitriles is 2. The number of rotatable bonds is 5. The van der Waals surface area contributed by atoms with Crippen LogP contribution >= 0.6 is 0 Å². The van der Waals surface area contributed by atoms with Crippen LogP contribution in [0.15, 0.2) is 42.5 Å². The Labute approximate surface area is 114 Å². The second-order valence-corrected chi connectivity index (χ2v) is 4.22. The van der Waals surface area contributed by atoms with Crippen LogP contribution in [0, 0.1) is 28.6 Å². The molecule has 3 nitrogen and oxygen atoms in total. The lowest BCUT2D eigenvalue weighted by Gasteiger charge is -2.12. The molecular formula is C16H16N2O. The summed E-state index contributed by atoms with van der Waals surface area (Å²) in [6.07, 6.45) is 2.43. The molecule has 0 fully saturated rings. The highest BCUT2D eigenvalue weighted by molar-refractivity contribution is 5.75. The van der Waals surface area contributed by atoms with Crippen LogP contribution in [0.1, 0.15) is 18.9 Å². The Bertz CT molecular complexity index is 540. The molecule has 0 N–H and O–H groups in total. The van der Waals surface area contributed by atoms with Crippen molar-refractivity contribution in [2.24, 2.45) is 5.92 Å². The van der Waals surface area contributed by atoms with Crippen molar-refractivity contribution >= 4 is 5.57 Å². The fourth-order valence-corrected chi connectivity index (χ4v) is 1.72. The van der Waals surface area contributed by atoms with Crippen molar-refractivity contribution in [1.82, 2.24) is 0 Å². The summed E-state index contributed by atoms with van der Waals surface area (Å²) in [7, 11) is 1.60. The van der Waals surface area contributed by atoms with E-state index in [1.54, 1.807) is 7.11 Å². The number of nitrogens with zero attached hydrogens (tertiary/aromatic N) is 2. The third-order valence-corrected chi connectivity index (χ3v) is 2.89. The van der Waals surface area contributed by atoms with Gasteiger partial charge in [0.25, 0.3) is 0 Å². The van der Waals surface area contributed by atoms with Crippen molar-refractivity contribution < 1.29 is 4.74 Å². The minimum atomic E-state index is 0.152. The molecule has 96 valence electrons. The Balaban J connectivity index is 3.24. The lowest BCUT2D eigenvalue weighted by atomic mass is 9.92. The zero-order valence-electron chi connectivity index (χ0n) is 11.2. The van der Waals surface area contributed by atoms with Gasteiger partial charge in [0.15, 0.2) is 0 Å². The van der Waals surface area contributed by atoms with E-state index in [-0.39, 0.29) is 11.5 Å². The van der Waals surface area contributed by atoms with Gasteiger partial charge in [0.1, 0.15) is 23.5 Å². The Kier molecular flexibility index (Phi) is 5.38. The van der Waals surface area contributed by atoms with Gasteiger partial charge in [-0.25, -0.2) is 0 Å². The molecule has 0 aliphatic heterocycles. The van der Waals surface area contributed by atoms with Gasteiger partial charge in [0.05, 0.1) is 7.11 Å². The first-order valence-corrected chi connectivity index (χ1v) is 5.96. The lowest BCUT2D eigenvalue weighted by Crippen LogP contribution is -1.96. The second-order valence-electron chi connectivity index (χ2n) is 4.22. The quantitative estimate of drug-likeness (QED) is 0.593. The number of ether oxygens (including phenoxy) is 1. The zero-order chi connectivity index (χ0) is 14.3. The van der Waals surface area contributed by atoms with E-state index in [9.17, 15) is 0 Å². The molecule has 0 aliphatic rings. The minimum Gasteiger partial charge on any atom is -0.497 e. The standard InChI is InChI=1S/C16H16N2O/c1-4-12(2)9-16(14(10-17)11-18)13-5-7-15(19-3)8-6-13/h4-8,12H,1,9H2,2-3H3. The van der Waals surface area contributed by atoms with Gasteiger partial charge in [-0.2, -0.15) is 10.5 Å². The predicted octanol–water partition coefficient (Wildman–Crippen LogP) is 3.71. The third-order valence-electron chi connectivity index (χ3n) is 2.89. The SMILES string of the molecule is C=CC(C)CC(=C(C#N)C#N)c1ccc(OC)cc1. The summed E-state index contributed by atoms with van der Waals surface area (Å²) in [6.45, 7) is 5.74. The Morgan fingerprint density at radius 1 is 1.32 bits per heavy atom. The monoisotopic (exact) mass is 252 g/mol. The summed E-state index contributed by atoms with van der Waals surface area (Å²) in [5.74, 6) is 0.948. The first-order valence-electron chi connectivity index (χ1n) is 5.96. The molecule has 1 atom stereocenters. The van der Waals surface area contributed by atoms with Gasteiger partial charge in [0, 0.05) is 0 Å². The first kappa shape index (κ1) is 14.5. The summed E-state index contributed by atoms with van der Waals surface area (Å²) >= 11 is 0. The van der Waals surface area contributed by atoms with Crippen molar-refractivity contribution in [2.45, 2.75) is 13.3 Å². The van der Waals surface area contributed by atoms with Crippen LogP contribution < -0.4 is 4.74 Å². The molecule has 1 unspecified atom stereocenters. The van der Waals surface area contributed by atoms with Crippen molar-refractivity contribution in [3.63, 3.8) is 0 Å². The van der Waals surface area contributed by atoms with E-state index in [4.69, 9.17) is 15.3 Å². The topological polar surface area (TPSA) is 56.8 Å². The van der Waals surface area contributed by atoms with E-state index in [0.29, 0.717) is 6.42 Å². The van der Waals surface area contributed by atoms with E-state index in [1.807, 2.05) is 49.4 Å². The highest BCUT2D eigenvalue weighted by Gasteiger charge is 2.12. The van der Waals surface area contributed by atoms with Crippen LogP contribution in [0.2, 0.25) is 0 Å². The highest BCUT2D eigenvalue weighted by Crippen LogP contribution is 2.27. The van der Waals surface area contributed by atoms with Crippen LogP contribution in [0.25, 0.3) is 5.57 Å². The highest BCUT2D eigenvalue weighted by atomic mass is 16.5. The molecule has 1 aromatic rings. The second kappa shape index (κ2) is 7.03. The third kappa shape index (κ3) is 3.72. The number of methoxy groups -OCH3 is 1. The molecule has 1 aromatic carbocycles. The predicted molar refractivity (Wildman–Crippen MR) is 75.1 cm³/mol. The van der Waals surface area contributed by atoms with Crippen LogP contribution in [0.3, 0.4) is 0 Å².